The number of amides is 2. The van der Waals surface area contributed by atoms with E-state index in [0.717, 1.165) is 73.5 Å². The van der Waals surface area contributed by atoms with Gasteiger partial charge in [-0.1, -0.05) is 19.9 Å². The van der Waals surface area contributed by atoms with Crippen molar-refractivity contribution in [2.75, 3.05) is 37.6 Å². The maximum Gasteiger partial charge on any atom is 0.259 e. The molecular formula is C29H42ClN5O2. The van der Waals surface area contributed by atoms with E-state index in [-0.39, 0.29) is 30.3 Å². The summed E-state index contributed by atoms with van der Waals surface area (Å²) in [5.74, 6) is 0.321. The van der Waals surface area contributed by atoms with Crippen molar-refractivity contribution in [1.29, 1.82) is 0 Å². The van der Waals surface area contributed by atoms with Gasteiger partial charge < -0.3 is 25.8 Å². The van der Waals surface area contributed by atoms with Gasteiger partial charge in [-0.25, -0.2) is 0 Å². The van der Waals surface area contributed by atoms with Crippen molar-refractivity contribution in [2.45, 2.75) is 59.4 Å². The Hall–Kier alpha value is -2.61. The molecule has 7 nitrogen and oxygen atoms in total. The highest BCUT2D eigenvalue weighted by atomic mass is 35.5. The number of H-pyrrole nitrogens is 1. The molecule has 2 aromatic rings. The number of aromatic amines is 1. The summed E-state index contributed by atoms with van der Waals surface area (Å²) < 4.78 is 0. The SMILES string of the molecule is CCN(CC)CCNC(=O)c1ccc2c(c1)N(CC1CCC(N)CC1)C(=O)/C2=C\c1[nH]c(C)cc1C.Cl. The number of likely N-dealkylation sites (N-methyl/N-ethyl adjacent to an activating group) is 1. The lowest BCUT2D eigenvalue weighted by Crippen LogP contribution is -2.36. The van der Waals surface area contributed by atoms with E-state index in [1.165, 1.54) is 0 Å². The molecule has 1 aliphatic heterocycles. The van der Waals surface area contributed by atoms with Crippen molar-refractivity contribution >= 4 is 41.6 Å². The quantitative estimate of drug-likeness (QED) is 0.417. The van der Waals surface area contributed by atoms with Crippen LogP contribution in [0, 0.1) is 19.8 Å². The molecular weight excluding hydrogens is 486 g/mol. The maximum atomic E-state index is 13.7. The molecule has 1 aromatic heterocycles. The molecule has 1 aromatic carbocycles. The fraction of sp³-hybridized carbons (Fsp3) is 0.517. The number of nitrogens with one attached hydrogen (secondary N) is 2. The molecule has 0 bridgehead atoms. The Balaban J connectivity index is 0.00000380. The van der Waals surface area contributed by atoms with E-state index in [1.54, 1.807) is 0 Å². The van der Waals surface area contributed by atoms with Crippen LogP contribution in [-0.2, 0) is 4.79 Å². The van der Waals surface area contributed by atoms with Gasteiger partial charge >= 0.3 is 0 Å². The molecule has 0 spiro atoms. The van der Waals surface area contributed by atoms with Gasteiger partial charge in [0.1, 0.15) is 0 Å². The average Bonchev–Trinajstić information content (AvgIpc) is 3.32. The lowest BCUT2D eigenvalue weighted by molar-refractivity contribution is -0.113. The molecule has 0 radical (unpaired) electrons. The first-order valence-electron chi connectivity index (χ1n) is 13.4. The molecule has 0 saturated heterocycles. The van der Waals surface area contributed by atoms with Gasteiger partial charge in [0, 0.05) is 48.2 Å². The Morgan fingerprint density at radius 1 is 1.16 bits per heavy atom. The Labute approximate surface area is 227 Å². The van der Waals surface area contributed by atoms with Crippen molar-refractivity contribution in [2.24, 2.45) is 11.7 Å². The molecule has 2 aliphatic rings. The Bertz CT molecular complexity index is 1130. The van der Waals surface area contributed by atoms with Crippen LogP contribution in [0.2, 0.25) is 0 Å². The third-order valence-corrected chi connectivity index (χ3v) is 7.74. The van der Waals surface area contributed by atoms with Gasteiger partial charge in [-0.05, 0) is 88.4 Å². The molecule has 0 unspecified atom stereocenters. The average molecular weight is 528 g/mol. The molecule has 8 heteroatoms. The van der Waals surface area contributed by atoms with Crippen LogP contribution in [0.15, 0.2) is 24.3 Å². The Morgan fingerprint density at radius 2 is 1.86 bits per heavy atom. The fourth-order valence-corrected chi connectivity index (χ4v) is 5.46. The van der Waals surface area contributed by atoms with E-state index in [9.17, 15) is 9.59 Å². The van der Waals surface area contributed by atoms with Gasteiger partial charge in [0.05, 0.1) is 11.3 Å². The van der Waals surface area contributed by atoms with Crippen LogP contribution in [-0.4, -0.2) is 60.5 Å². The monoisotopic (exact) mass is 527 g/mol. The zero-order chi connectivity index (χ0) is 25.8. The normalized spacial score (nSPS) is 20.3. The zero-order valence-corrected chi connectivity index (χ0v) is 23.4. The number of hydrogen-bond donors (Lipinski definition) is 3. The molecule has 37 heavy (non-hydrogen) atoms. The lowest BCUT2D eigenvalue weighted by atomic mass is 9.86. The van der Waals surface area contributed by atoms with Crippen molar-refractivity contribution in [3.63, 3.8) is 0 Å². The van der Waals surface area contributed by atoms with E-state index in [2.05, 4.69) is 35.1 Å². The van der Waals surface area contributed by atoms with Crippen LogP contribution in [0.25, 0.3) is 11.6 Å². The molecule has 1 aliphatic carbocycles. The Morgan fingerprint density at radius 3 is 2.49 bits per heavy atom. The minimum atomic E-state index is -0.103. The highest BCUT2D eigenvalue weighted by Gasteiger charge is 2.35. The molecule has 202 valence electrons. The van der Waals surface area contributed by atoms with Crippen molar-refractivity contribution in [3.8, 4) is 0 Å². The molecule has 1 saturated carbocycles. The maximum absolute atomic E-state index is 13.7. The predicted molar refractivity (Wildman–Crippen MR) is 154 cm³/mol. The Kier molecular flexibility index (Phi) is 9.99. The van der Waals surface area contributed by atoms with Gasteiger partial charge in [-0.2, -0.15) is 0 Å². The van der Waals surface area contributed by atoms with Crippen LogP contribution in [0.1, 0.15) is 72.4 Å². The minimum Gasteiger partial charge on any atom is -0.359 e. The highest BCUT2D eigenvalue weighted by molar-refractivity contribution is 6.36. The van der Waals surface area contributed by atoms with Crippen LogP contribution < -0.4 is 16.0 Å². The van der Waals surface area contributed by atoms with Crippen LogP contribution >= 0.6 is 12.4 Å². The first kappa shape index (κ1) is 29.0. The number of aromatic nitrogens is 1. The number of benzene rings is 1. The third kappa shape index (κ3) is 6.64. The number of halogens is 1. The van der Waals surface area contributed by atoms with Gasteiger partial charge in [-0.15, -0.1) is 12.4 Å². The van der Waals surface area contributed by atoms with E-state index in [0.29, 0.717) is 30.1 Å². The van der Waals surface area contributed by atoms with Crippen LogP contribution in [0.4, 0.5) is 5.69 Å². The second-order valence-electron chi connectivity index (χ2n) is 10.3. The second kappa shape index (κ2) is 12.8. The summed E-state index contributed by atoms with van der Waals surface area (Å²) >= 11 is 0. The number of nitrogens with two attached hydrogens (primary N) is 1. The summed E-state index contributed by atoms with van der Waals surface area (Å²) in [5, 5.41) is 3.05. The first-order chi connectivity index (χ1) is 17.3. The summed E-state index contributed by atoms with van der Waals surface area (Å²) in [6, 6.07) is 8.01. The number of aryl methyl sites for hydroxylation is 2. The van der Waals surface area contributed by atoms with Crippen LogP contribution in [0.5, 0.6) is 0 Å². The molecule has 2 amide bonds. The number of carbonyl (C=O) groups is 2. The van der Waals surface area contributed by atoms with E-state index < -0.39 is 0 Å². The van der Waals surface area contributed by atoms with Crippen molar-refractivity contribution in [1.82, 2.24) is 15.2 Å². The minimum absolute atomic E-state index is 0. The third-order valence-electron chi connectivity index (χ3n) is 7.74. The molecule has 0 atom stereocenters. The van der Waals surface area contributed by atoms with Crippen molar-refractivity contribution < 1.29 is 9.59 Å². The molecule has 2 heterocycles. The van der Waals surface area contributed by atoms with Gasteiger partial charge in [0.25, 0.3) is 11.8 Å². The van der Waals surface area contributed by atoms with E-state index in [1.807, 2.05) is 43.0 Å². The van der Waals surface area contributed by atoms with Gasteiger partial charge in [0.15, 0.2) is 0 Å². The number of fused-ring (bicyclic) bond motifs is 1. The van der Waals surface area contributed by atoms with E-state index >= 15 is 0 Å². The number of anilines is 1. The first-order valence-corrected chi connectivity index (χ1v) is 13.4. The molecule has 4 rings (SSSR count). The topological polar surface area (TPSA) is 94.5 Å². The van der Waals surface area contributed by atoms with Gasteiger partial charge in [-0.3, -0.25) is 9.59 Å². The summed E-state index contributed by atoms with van der Waals surface area (Å²) in [5.41, 5.74) is 12.2. The van der Waals surface area contributed by atoms with Gasteiger partial charge in [0.2, 0.25) is 0 Å². The fourth-order valence-electron chi connectivity index (χ4n) is 5.46. The lowest BCUT2D eigenvalue weighted by Gasteiger charge is -2.30. The van der Waals surface area contributed by atoms with E-state index in [4.69, 9.17) is 5.73 Å². The second-order valence-corrected chi connectivity index (χ2v) is 10.3. The number of nitrogens with zero attached hydrogens (tertiary/aromatic N) is 2. The summed E-state index contributed by atoms with van der Waals surface area (Å²) in [7, 11) is 0. The smallest absolute Gasteiger partial charge is 0.259 e. The van der Waals surface area contributed by atoms with Crippen LogP contribution in [0.3, 0.4) is 0 Å². The standard InChI is InChI=1S/C29H41N5O2.ClH/c1-5-33(6-2)14-13-31-28(35)22-9-12-24-25(17-26-19(3)15-20(4)32-26)29(36)34(27(24)16-22)18-21-7-10-23(30)11-8-21;/h9,12,15-17,21,23,32H,5-8,10-11,13-14,18,30H2,1-4H3,(H,31,35);1H/b25-17-;. The summed E-state index contributed by atoms with van der Waals surface area (Å²) in [6.45, 7) is 12.3. The number of carbonyl (C=O) groups excluding carboxylic acids is 2. The highest BCUT2D eigenvalue weighted by Crippen LogP contribution is 2.40. The molecule has 1 fully saturated rings. The predicted octanol–water partition coefficient (Wildman–Crippen LogP) is 4.53. The van der Waals surface area contributed by atoms with Crippen molar-refractivity contribution in [3.05, 3.63) is 52.3 Å². The summed E-state index contributed by atoms with van der Waals surface area (Å²) in [6.07, 6.45) is 6.01. The number of hydrogen-bond acceptors (Lipinski definition) is 4. The largest absolute Gasteiger partial charge is 0.359 e. The summed E-state index contributed by atoms with van der Waals surface area (Å²) in [4.78, 5) is 34.2. The molecule has 4 N–H and O–H groups in total. The zero-order valence-electron chi connectivity index (χ0n) is 22.6. The number of rotatable bonds is 9.